The normalized spacial score (nSPS) is 10.3. The zero-order valence-electron chi connectivity index (χ0n) is 12.6. The van der Waals surface area contributed by atoms with Gasteiger partial charge in [-0.2, -0.15) is 0 Å². The number of rotatable bonds is 3. The Bertz CT molecular complexity index is 940. The molecule has 1 aromatic heterocycles. The highest BCUT2D eigenvalue weighted by molar-refractivity contribution is 6.33. The van der Waals surface area contributed by atoms with Crippen LogP contribution in [0.25, 0.3) is 11.3 Å². The van der Waals surface area contributed by atoms with Crippen LogP contribution in [0.5, 0.6) is 0 Å². The molecule has 0 radical (unpaired) electrons. The van der Waals surface area contributed by atoms with Crippen molar-refractivity contribution in [2.45, 2.75) is 0 Å². The maximum absolute atomic E-state index is 12.1. The van der Waals surface area contributed by atoms with Crippen molar-refractivity contribution in [1.82, 2.24) is 16.0 Å². The van der Waals surface area contributed by atoms with E-state index in [1.54, 1.807) is 42.5 Å². The van der Waals surface area contributed by atoms with E-state index in [9.17, 15) is 9.59 Å². The lowest BCUT2D eigenvalue weighted by Crippen LogP contribution is -2.41. The molecule has 0 aliphatic heterocycles. The quantitative estimate of drug-likeness (QED) is 0.683. The van der Waals surface area contributed by atoms with Gasteiger partial charge in [-0.05, 0) is 24.3 Å². The summed E-state index contributed by atoms with van der Waals surface area (Å²) in [6.07, 6.45) is 0. The monoisotopic (exact) mass is 375 g/mol. The van der Waals surface area contributed by atoms with E-state index in [-0.39, 0.29) is 16.3 Å². The van der Waals surface area contributed by atoms with Crippen LogP contribution in [0.1, 0.15) is 20.8 Å². The number of hydrogen-bond donors (Lipinski definition) is 2. The van der Waals surface area contributed by atoms with E-state index in [1.807, 2.05) is 0 Å². The van der Waals surface area contributed by atoms with Crippen LogP contribution in [0.2, 0.25) is 10.0 Å². The van der Waals surface area contributed by atoms with Crippen LogP contribution in [-0.2, 0) is 0 Å². The van der Waals surface area contributed by atoms with Crippen molar-refractivity contribution >= 4 is 35.0 Å². The summed E-state index contributed by atoms with van der Waals surface area (Å²) in [6, 6.07) is 14.9. The molecule has 25 heavy (non-hydrogen) atoms. The van der Waals surface area contributed by atoms with Crippen LogP contribution in [0, 0.1) is 0 Å². The second kappa shape index (κ2) is 7.38. The molecular weight excluding hydrogens is 365 g/mol. The number of benzene rings is 2. The third-order valence-corrected chi connectivity index (χ3v) is 3.82. The number of carbonyl (C=O) groups is 2. The molecule has 0 bridgehead atoms. The van der Waals surface area contributed by atoms with Gasteiger partial charge in [0, 0.05) is 16.7 Å². The van der Waals surface area contributed by atoms with Gasteiger partial charge in [-0.15, -0.1) is 0 Å². The molecule has 3 rings (SSSR count). The van der Waals surface area contributed by atoms with Gasteiger partial charge < -0.3 is 4.52 Å². The van der Waals surface area contributed by atoms with Gasteiger partial charge in [-0.3, -0.25) is 20.4 Å². The summed E-state index contributed by atoms with van der Waals surface area (Å²) in [7, 11) is 0. The summed E-state index contributed by atoms with van der Waals surface area (Å²) in [5.41, 5.74) is 5.45. The topological polar surface area (TPSA) is 84.2 Å². The number of aromatic nitrogens is 1. The summed E-state index contributed by atoms with van der Waals surface area (Å²) in [4.78, 5) is 24.1. The van der Waals surface area contributed by atoms with Gasteiger partial charge >= 0.3 is 0 Å². The van der Waals surface area contributed by atoms with Crippen LogP contribution in [0.3, 0.4) is 0 Å². The van der Waals surface area contributed by atoms with Crippen molar-refractivity contribution in [3.63, 3.8) is 0 Å². The second-order valence-electron chi connectivity index (χ2n) is 4.97. The van der Waals surface area contributed by atoms with Gasteiger partial charge in [-0.25, -0.2) is 0 Å². The molecule has 126 valence electrons. The van der Waals surface area contributed by atoms with Gasteiger partial charge in [0.05, 0.1) is 10.6 Å². The van der Waals surface area contributed by atoms with E-state index in [0.717, 1.165) is 0 Å². The SMILES string of the molecule is O=C(NNC(=O)c1ccccc1Cl)c1cc(-c2cccc(Cl)c2)on1. The molecule has 2 aromatic carbocycles. The fraction of sp³-hybridized carbons (Fsp3) is 0. The zero-order valence-corrected chi connectivity index (χ0v) is 14.1. The largest absolute Gasteiger partial charge is 0.355 e. The average Bonchev–Trinajstić information content (AvgIpc) is 3.10. The maximum Gasteiger partial charge on any atom is 0.291 e. The first-order valence-electron chi connectivity index (χ1n) is 7.12. The van der Waals surface area contributed by atoms with Gasteiger partial charge in [0.1, 0.15) is 0 Å². The smallest absolute Gasteiger partial charge is 0.291 e. The number of nitrogens with zero attached hydrogens (tertiary/aromatic N) is 1. The van der Waals surface area contributed by atoms with E-state index >= 15 is 0 Å². The first kappa shape index (κ1) is 17.0. The van der Waals surface area contributed by atoms with Crippen molar-refractivity contribution in [3.8, 4) is 11.3 Å². The number of hydrazine groups is 1. The Balaban J connectivity index is 1.66. The first-order chi connectivity index (χ1) is 12.0. The van der Waals surface area contributed by atoms with E-state index in [0.29, 0.717) is 16.3 Å². The van der Waals surface area contributed by atoms with E-state index in [2.05, 4.69) is 16.0 Å². The van der Waals surface area contributed by atoms with E-state index in [1.165, 1.54) is 12.1 Å². The molecule has 8 heteroatoms. The summed E-state index contributed by atoms with van der Waals surface area (Å²) in [5.74, 6) is -0.792. The predicted octanol–water partition coefficient (Wildman–Crippen LogP) is 3.72. The van der Waals surface area contributed by atoms with Crippen molar-refractivity contribution in [2.75, 3.05) is 0 Å². The molecule has 6 nitrogen and oxygen atoms in total. The number of halogens is 2. The van der Waals surface area contributed by atoms with Crippen LogP contribution in [-0.4, -0.2) is 17.0 Å². The zero-order chi connectivity index (χ0) is 17.8. The predicted molar refractivity (Wildman–Crippen MR) is 93.3 cm³/mol. The minimum absolute atomic E-state index is 0.00874. The van der Waals surface area contributed by atoms with Crippen LogP contribution in [0.15, 0.2) is 59.1 Å². The van der Waals surface area contributed by atoms with Gasteiger partial charge in [0.25, 0.3) is 11.8 Å². The Kier molecular flexibility index (Phi) is 5.02. The van der Waals surface area contributed by atoms with Gasteiger partial charge in [0.2, 0.25) is 0 Å². The molecule has 0 aliphatic carbocycles. The maximum atomic E-state index is 12.1. The van der Waals surface area contributed by atoms with Crippen molar-refractivity contribution in [1.29, 1.82) is 0 Å². The summed E-state index contributed by atoms with van der Waals surface area (Å²) in [6.45, 7) is 0. The minimum Gasteiger partial charge on any atom is -0.355 e. The van der Waals surface area contributed by atoms with E-state index in [4.69, 9.17) is 27.7 Å². The summed E-state index contributed by atoms with van der Waals surface area (Å²) < 4.78 is 5.13. The molecule has 0 unspecified atom stereocenters. The van der Waals surface area contributed by atoms with Crippen LogP contribution < -0.4 is 10.9 Å². The molecule has 2 N–H and O–H groups in total. The van der Waals surface area contributed by atoms with E-state index < -0.39 is 11.8 Å². The third kappa shape index (κ3) is 3.99. The molecular formula is C17H11Cl2N3O3. The van der Waals surface area contributed by atoms with Crippen molar-refractivity contribution in [3.05, 3.63) is 75.9 Å². The second-order valence-corrected chi connectivity index (χ2v) is 5.82. The molecule has 0 spiro atoms. The molecule has 0 saturated carbocycles. The molecule has 3 aromatic rings. The molecule has 0 aliphatic rings. The average molecular weight is 376 g/mol. The lowest BCUT2D eigenvalue weighted by molar-refractivity contribution is 0.0841. The van der Waals surface area contributed by atoms with Crippen molar-refractivity contribution < 1.29 is 14.1 Å². The first-order valence-corrected chi connectivity index (χ1v) is 7.88. The van der Waals surface area contributed by atoms with Crippen molar-refractivity contribution in [2.24, 2.45) is 0 Å². The standard InChI is InChI=1S/C17H11Cl2N3O3/c18-11-5-3-4-10(8-11)15-9-14(22-25-15)17(24)21-20-16(23)12-6-1-2-7-13(12)19/h1-9H,(H,20,23)(H,21,24). The summed E-state index contributed by atoms with van der Waals surface area (Å²) in [5, 5.41) is 4.49. The Labute approximate surface area is 152 Å². The number of hydrogen-bond acceptors (Lipinski definition) is 4. The molecule has 0 fully saturated rings. The molecule has 0 atom stereocenters. The fourth-order valence-electron chi connectivity index (χ4n) is 2.05. The Morgan fingerprint density at radius 2 is 1.68 bits per heavy atom. The number of carbonyl (C=O) groups excluding carboxylic acids is 2. The Morgan fingerprint density at radius 3 is 2.44 bits per heavy atom. The van der Waals surface area contributed by atoms with Gasteiger partial charge in [0.15, 0.2) is 11.5 Å². The van der Waals surface area contributed by atoms with Gasteiger partial charge in [-0.1, -0.05) is 52.6 Å². The molecule has 2 amide bonds. The lowest BCUT2D eigenvalue weighted by Gasteiger charge is -2.06. The highest BCUT2D eigenvalue weighted by Crippen LogP contribution is 2.23. The van der Waals surface area contributed by atoms with Crippen LogP contribution >= 0.6 is 23.2 Å². The highest BCUT2D eigenvalue weighted by atomic mass is 35.5. The third-order valence-electron chi connectivity index (χ3n) is 3.26. The minimum atomic E-state index is -0.627. The Hall–Kier alpha value is -2.83. The van der Waals surface area contributed by atoms with Crippen LogP contribution in [0.4, 0.5) is 0 Å². The summed E-state index contributed by atoms with van der Waals surface area (Å²) >= 11 is 11.8. The number of nitrogens with one attached hydrogen (secondary N) is 2. The molecule has 0 saturated heterocycles. The number of amides is 2. The fourth-order valence-corrected chi connectivity index (χ4v) is 2.46. The lowest BCUT2D eigenvalue weighted by atomic mass is 10.1. The highest BCUT2D eigenvalue weighted by Gasteiger charge is 2.16. The molecule has 1 heterocycles. The Morgan fingerprint density at radius 1 is 0.920 bits per heavy atom.